The van der Waals surface area contributed by atoms with Crippen LogP contribution >= 0.6 is 11.3 Å². The number of urea groups is 2. The molecule has 2 aliphatic rings. The smallest absolute Gasteiger partial charge is 0.314 e. The molecule has 0 bridgehead atoms. The zero-order valence-electron chi connectivity index (χ0n) is 15.0. The molecule has 9 nitrogen and oxygen atoms in total. The van der Waals surface area contributed by atoms with Crippen molar-refractivity contribution < 1.29 is 18.8 Å². The number of nitrogens with zero attached hydrogens (tertiary/aromatic N) is 4. The van der Waals surface area contributed by atoms with Crippen LogP contribution in [0.1, 0.15) is 0 Å². The molecular weight excluding hydrogens is 387 g/mol. The van der Waals surface area contributed by atoms with Crippen molar-refractivity contribution in [2.45, 2.75) is 12.3 Å². The van der Waals surface area contributed by atoms with Crippen molar-refractivity contribution in [1.82, 2.24) is 25.0 Å². The molecule has 2 aromatic rings. The Kier molecular flexibility index (Phi) is 4.38. The van der Waals surface area contributed by atoms with Crippen LogP contribution in [0, 0.1) is 5.82 Å². The molecule has 28 heavy (non-hydrogen) atoms. The van der Waals surface area contributed by atoms with Gasteiger partial charge in [-0.05, 0) is 12.1 Å². The number of rotatable bonds is 4. The van der Waals surface area contributed by atoms with Crippen molar-refractivity contribution in [3.05, 3.63) is 35.5 Å². The van der Waals surface area contributed by atoms with Gasteiger partial charge >= 0.3 is 12.1 Å². The van der Waals surface area contributed by atoms with Crippen molar-refractivity contribution in [1.29, 1.82) is 0 Å². The summed E-state index contributed by atoms with van der Waals surface area (Å²) < 4.78 is 13.9. The normalized spacial score (nSPS) is 21.2. The molecule has 2 atom stereocenters. The van der Waals surface area contributed by atoms with Crippen molar-refractivity contribution in [3.63, 3.8) is 0 Å². The van der Waals surface area contributed by atoms with E-state index in [1.807, 2.05) is 0 Å². The van der Waals surface area contributed by atoms with E-state index in [0.717, 1.165) is 11.3 Å². The molecule has 0 aliphatic carbocycles. The first-order valence-electron chi connectivity index (χ1n) is 8.44. The molecule has 2 N–H and O–H groups in total. The fourth-order valence-corrected chi connectivity index (χ4v) is 4.10. The summed E-state index contributed by atoms with van der Waals surface area (Å²) in [5.74, 6) is -0.857. The van der Waals surface area contributed by atoms with E-state index in [-0.39, 0.29) is 12.6 Å². The van der Waals surface area contributed by atoms with E-state index in [2.05, 4.69) is 15.6 Å². The molecule has 2 aliphatic heterocycles. The van der Waals surface area contributed by atoms with E-state index >= 15 is 0 Å². The Morgan fingerprint density at radius 2 is 2.04 bits per heavy atom. The van der Waals surface area contributed by atoms with Gasteiger partial charge in [-0.25, -0.2) is 19.0 Å². The number of carbonyl (C=O) groups is 3. The van der Waals surface area contributed by atoms with Crippen LogP contribution < -0.4 is 10.6 Å². The number of hydrogen-bond acceptors (Lipinski definition) is 5. The van der Waals surface area contributed by atoms with Gasteiger partial charge in [-0.1, -0.05) is 12.1 Å². The Morgan fingerprint density at radius 3 is 2.79 bits per heavy atom. The number of anilines is 1. The van der Waals surface area contributed by atoms with Crippen molar-refractivity contribution in [2.75, 3.05) is 26.0 Å². The molecule has 3 heterocycles. The van der Waals surface area contributed by atoms with Crippen molar-refractivity contribution >= 4 is 34.4 Å². The maximum absolute atomic E-state index is 13.9. The number of benzene rings is 1. The maximum atomic E-state index is 13.9. The second-order valence-electron chi connectivity index (χ2n) is 6.51. The van der Waals surface area contributed by atoms with Gasteiger partial charge in [0.25, 0.3) is 0 Å². The Bertz CT molecular complexity index is 966. The van der Waals surface area contributed by atoms with Gasteiger partial charge in [0.2, 0.25) is 5.91 Å². The SMILES string of the molecule is CN1C(=O)N(C)[C@H]2[C@H]1NC(=O)N2CC(=O)Nc1nc(-c2ccccc2F)cs1. The molecule has 0 spiro atoms. The van der Waals surface area contributed by atoms with Gasteiger partial charge in [0, 0.05) is 25.0 Å². The Balaban J connectivity index is 1.45. The summed E-state index contributed by atoms with van der Waals surface area (Å²) in [5.41, 5.74) is 0.760. The molecule has 4 rings (SSSR count). The minimum atomic E-state index is -0.568. The van der Waals surface area contributed by atoms with Gasteiger partial charge in [-0.15, -0.1) is 11.3 Å². The molecular formula is C17H17FN6O3S. The first-order valence-corrected chi connectivity index (χ1v) is 9.32. The zero-order valence-corrected chi connectivity index (χ0v) is 15.9. The number of fused-ring (bicyclic) bond motifs is 1. The summed E-state index contributed by atoms with van der Waals surface area (Å²) in [7, 11) is 3.17. The number of nitrogens with one attached hydrogen (secondary N) is 2. The van der Waals surface area contributed by atoms with Gasteiger partial charge in [0.15, 0.2) is 5.13 Å². The number of likely N-dealkylation sites (N-methyl/N-ethyl adjacent to an activating group) is 2. The fraction of sp³-hybridized carbons (Fsp3) is 0.294. The van der Waals surface area contributed by atoms with E-state index < -0.39 is 30.1 Å². The van der Waals surface area contributed by atoms with E-state index in [4.69, 9.17) is 0 Å². The second kappa shape index (κ2) is 6.75. The zero-order chi connectivity index (χ0) is 20.0. The average molecular weight is 404 g/mol. The molecule has 5 amide bonds. The van der Waals surface area contributed by atoms with Gasteiger partial charge < -0.3 is 20.4 Å². The van der Waals surface area contributed by atoms with Gasteiger partial charge in [-0.3, -0.25) is 9.69 Å². The summed E-state index contributed by atoms with van der Waals surface area (Å²) in [5, 5.41) is 7.26. The van der Waals surface area contributed by atoms with Crippen molar-refractivity contribution in [3.8, 4) is 11.3 Å². The molecule has 146 valence electrons. The first kappa shape index (κ1) is 18.2. The standard InChI is InChI=1S/C17H17FN6O3S/c1-22-13-14(23(2)17(22)27)24(16(26)21-13)7-12(25)20-15-19-11(8-28-15)9-5-3-4-6-10(9)18/h3-6,8,13-14H,7H2,1-2H3,(H,21,26)(H,19,20,25)/t13-,14+/m0/s1. The van der Waals surface area contributed by atoms with E-state index in [1.165, 1.54) is 20.8 Å². The minimum absolute atomic E-state index is 0.241. The minimum Gasteiger partial charge on any atom is -0.314 e. The first-order chi connectivity index (χ1) is 13.4. The monoisotopic (exact) mass is 404 g/mol. The summed E-state index contributed by atoms with van der Waals surface area (Å²) in [6.07, 6.45) is -1.08. The van der Waals surface area contributed by atoms with Crippen LogP contribution in [0.2, 0.25) is 0 Å². The predicted molar refractivity (Wildman–Crippen MR) is 99.9 cm³/mol. The number of thiazole rings is 1. The summed E-state index contributed by atoms with van der Waals surface area (Å²) in [4.78, 5) is 45.1. The van der Waals surface area contributed by atoms with Crippen molar-refractivity contribution in [2.24, 2.45) is 0 Å². The average Bonchev–Trinajstić information content (AvgIpc) is 3.30. The Morgan fingerprint density at radius 1 is 1.29 bits per heavy atom. The Labute approximate surface area is 163 Å². The topological polar surface area (TPSA) is 97.9 Å². The third-order valence-electron chi connectivity index (χ3n) is 4.77. The molecule has 0 unspecified atom stereocenters. The molecule has 0 saturated carbocycles. The second-order valence-corrected chi connectivity index (χ2v) is 7.36. The largest absolute Gasteiger partial charge is 0.323 e. The van der Waals surface area contributed by atoms with Gasteiger partial charge in [-0.2, -0.15) is 0 Å². The highest BCUT2D eigenvalue weighted by Crippen LogP contribution is 2.28. The molecule has 0 radical (unpaired) electrons. The lowest BCUT2D eigenvalue weighted by Crippen LogP contribution is -2.47. The number of halogens is 1. The molecule has 11 heteroatoms. The van der Waals surface area contributed by atoms with E-state index in [1.54, 1.807) is 37.7 Å². The number of aromatic nitrogens is 1. The van der Waals surface area contributed by atoms with Crippen LogP contribution in [0.5, 0.6) is 0 Å². The highest BCUT2D eigenvalue weighted by Gasteiger charge is 2.52. The summed E-state index contributed by atoms with van der Waals surface area (Å²) in [6, 6.07) is 5.57. The van der Waals surface area contributed by atoms with Gasteiger partial charge in [0.05, 0.1) is 5.69 Å². The van der Waals surface area contributed by atoms with Crippen LogP contribution in [0.15, 0.2) is 29.6 Å². The molecule has 1 aromatic heterocycles. The van der Waals surface area contributed by atoms with E-state index in [0.29, 0.717) is 16.4 Å². The van der Waals surface area contributed by atoms with Crippen LogP contribution in [-0.2, 0) is 4.79 Å². The third-order valence-corrected chi connectivity index (χ3v) is 5.52. The highest BCUT2D eigenvalue weighted by atomic mass is 32.1. The van der Waals surface area contributed by atoms with Crippen LogP contribution in [0.25, 0.3) is 11.3 Å². The number of carbonyl (C=O) groups excluding carboxylic acids is 3. The molecule has 2 fully saturated rings. The number of hydrogen-bond donors (Lipinski definition) is 2. The summed E-state index contributed by atoms with van der Waals surface area (Å²) in [6.45, 7) is -0.243. The summed E-state index contributed by atoms with van der Waals surface area (Å²) >= 11 is 1.16. The Hall–Kier alpha value is -3.21. The predicted octanol–water partition coefficient (Wildman–Crippen LogP) is 1.56. The lowest BCUT2D eigenvalue weighted by molar-refractivity contribution is -0.117. The van der Waals surface area contributed by atoms with E-state index in [9.17, 15) is 18.8 Å². The van der Waals surface area contributed by atoms with Crippen LogP contribution in [0.4, 0.5) is 19.1 Å². The lowest BCUT2D eigenvalue weighted by Gasteiger charge is -2.25. The lowest BCUT2D eigenvalue weighted by atomic mass is 10.2. The van der Waals surface area contributed by atoms with Crippen LogP contribution in [-0.4, -0.2) is 70.6 Å². The van der Waals surface area contributed by atoms with Gasteiger partial charge in [0.1, 0.15) is 24.7 Å². The fourth-order valence-electron chi connectivity index (χ4n) is 3.38. The third kappa shape index (κ3) is 2.93. The number of amides is 5. The van der Waals surface area contributed by atoms with Crippen LogP contribution in [0.3, 0.4) is 0 Å². The maximum Gasteiger partial charge on any atom is 0.323 e. The quantitative estimate of drug-likeness (QED) is 0.808. The molecule has 2 saturated heterocycles. The molecule has 1 aromatic carbocycles. The highest BCUT2D eigenvalue weighted by molar-refractivity contribution is 7.14.